The molecule has 0 fully saturated rings. The molecule has 0 heterocycles. The largest absolute Gasteiger partial charge is 0.864 e. The van der Waals surface area contributed by atoms with Crippen LogP contribution in [0.4, 0.5) is 79.0 Å². The van der Waals surface area contributed by atoms with Crippen molar-refractivity contribution in [1.29, 1.82) is 0 Å². The lowest BCUT2D eigenvalue weighted by atomic mass is 9.89. The van der Waals surface area contributed by atoms with Crippen molar-refractivity contribution >= 4 is 7.32 Å². The molecular weight excluding hydrogens is 991 g/mol. The van der Waals surface area contributed by atoms with Crippen LogP contribution >= 0.6 is 0 Å². The zero-order chi connectivity index (χ0) is 53.5. The number of hydrogen-bond acceptors (Lipinski definition) is 6. The van der Waals surface area contributed by atoms with E-state index in [1.807, 2.05) is 0 Å². The fourth-order valence-electron chi connectivity index (χ4n) is 7.70. The van der Waals surface area contributed by atoms with Crippen molar-refractivity contribution in [3.63, 3.8) is 0 Å². The smallest absolute Gasteiger partial charge is 0.490 e. The number of alkyl halides is 18. The molecule has 0 aliphatic carbocycles. The van der Waals surface area contributed by atoms with Crippen LogP contribution in [-0.4, -0.2) is 50.6 Å². The summed E-state index contributed by atoms with van der Waals surface area (Å²) in [6.07, 6.45) is -35.1. The Labute approximate surface area is 392 Å². The predicted molar refractivity (Wildman–Crippen MR) is 217 cm³/mol. The predicted octanol–water partition coefficient (Wildman–Crippen LogP) is 15.5. The van der Waals surface area contributed by atoms with Crippen molar-refractivity contribution in [2.45, 2.75) is 142 Å². The molecule has 0 aromatic heterocycles. The van der Waals surface area contributed by atoms with Gasteiger partial charge in [0.15, 0.2) is 12.5 Å². The molecule has 0 aliphatic heterocycles. The van der Waals surface area contributed by atoms with Crippen molar-refractivity contribution in [3.8, 4) is 17.2 Å². The van der Waals surface area contributed by atoms with Gasteiger partial charge in [0.2, 0.25) is 5.72 Å². The highest BCUT2D eigenvalue weighted by atomic mass is 19.4. The van der Waals surface area contributed by atoms with Crippen molar-refractivity contribution in [3.05, 3.63) is 87.5 Å². The van der Waals surface area contributed by atoms with Gasteiger partial charge in [0.05, 0.1) is 65.3 Å². The molecule has 396 valence electrons. The molecule has 70 heavy (non-hydrogen) atoms. The third-order valence-corrected chi connectivity index (χ3v) is 10.9. The molecular formula is C44H51BF18NO6+. The van der Waals surface area contributed by atoms with E-state index in [0.29, 0.717) is 25.7 Å². The number of halogens is 18. The Balaban J connectivity index is 2.74. The van der Waals surface area contributed by atoms with E-state index in [4.69, 9.17) is 28.2 Å². The second-order valence-corrected chi connectivity index (χ2v) is 16.2. The highest BCUT2D eigenvalue weighted by Crippen LogP contribution is 2.53. The Morgan fingerprint density at radius 2 is 0.829 bits per heavy atom. The summed E-state index contributed by atoms with van der Waals surface area (Å²) in [5.41, 5.74) is -17.0. The number of hydrogen-bond donors (Lipinski definition) is 0. The quantitative estimate of drug-likeness (QED) is 0.0310. The van der Waals surface area contributed by atoms with Crippen LogP contribution in [0.3, 0.4) is 0 Å². The molecule has 0 spiro atoms. The molecule has 0 radical (unpaired) electrons. The average Bonchev–Trinajstić information content (AvgIpc) is 3.23. The van der Waals surface area contributed by atoms with E-state index in [9.17, 15) is 65.9 Å². The SMILES string of the molecule is CCCCC[N+](C(C)OCCC)(C(C)OCCC)C(C)(OCCC)c1c(OB(Oc2cc(C(F)(F)F)cc(C(F)(F)F)c2)Oc2cc(C(F)(F)F)cc(C(F)(F)F)c2)cc(C(F)(F)F)cc1C(F)(F)F. The van der Waals surface area contributed by atoms with Crippen LogP contribution in [0.5, 0.6) is 17.2 Å². The maximum atomic E-state index is 15.8. The van der Waals surface area contributed by atoms with Gasteiger partial charge in [-0.15, -0.1) is 0 Å². The molecule has 26 heteroatoms. The van der Waals surface area contributed by atoms with Gasteiger partial charge in [0, 0.05) is 20.8 Å². The van der Waals surface area contributed by atoms with E-state index >= 15 is 13.2 Å². The Kier molecular flexibility index (Phi) is 19.8. The summed E-state index contributed by atoms with van der Waals surface area (Å²) in [5.74, 6) is -4.95. The molecule has 3 aromatic rings. The molecule has 3 rings (SSSR count). The summed E-state index contributed by atoms with van der Waals surface area (Å²) >= 11 is 0. The van der Waals surface area contributed by atoms with Gasteiger partial charge in [0.25, 0.3) is 0 Å². The number of unbranched alkanes of at least 4 members (excludes halogenated alkanes) is 2. The van der Waals surface area contributed by atoms with Gasteiger partial charge in [-0.2, -0.15) is 79.0 Å². The summed E-state index contributed by atoms with van der Waals surface area (Å²) in [5, 5.41) is 0. The minimum atomic E-state index is -5.85. The first kappa shape index (κ1) is 60.0. The number of ether oxygens (including phenoxy) is 3. The van der Waals surface area contributed by atoms with E-state index in [1.165, 1.54) is 20.8 Å². The third kappa shape index (κ3) is 14.9. The minimum absolute atomic E-state index is 0.000138. The van der Waals surface area contributed by atoms with E-state index in [1.54, 1.807) is 20.8 Å². The molecule has 0 saturated carbocycles. The lowest BCUT2D eigenvalue weighted by molar-refractivity contribution is -1.07. The average molecular weight is 1040 g/mol. The zero-order valence-electron chi connectivity index (χ0n) is 38.6. The normalized spacial score (nSPS) is 15.8. The van der Waals surface area contributed by atoms with Crippen molar-refractivity contribution in [2.24, 2.45) is 0 Å². The Morgan fingerprint density at radius 1 is 0.457 bits per heavy atom. The van der Waals surface area contributed by atoms with Gasteiger partial charge in [-0.05, 0) is 80.6 Å². The monoisotopic (exact) mass is 1040 g/mol. The molecule has 0 amide bonds. The van der Waals surface area contributed by atoms with Crippen LogP contribution in [-0.2, 0) is 57.0 Å². The number of nitrogens with zero attached hydrogens (tertiary/aromatic N) is 1. The second kappa shape index (κ2) is 23.1. The Hall–Kier alpha value is -4.30. The number of rotatable bonds is 23. The van der Waals surface area contributed by atoms with E-state index in [2.05, 4.69) is 0 Å². The summed E-state index contributed by atoms with van der Waals surface area (Å²) in [6, 6.07) is -2.02. The zero-order valence-corrected chi connectivity index (χ0v) is 38.6. The summed E-state index contributed by atoms with van der Waals surface area (Å²) in [7, 11) is -3.42. The lowest BCUT2D eigenvalue weighted by Crippen LogP contribution is -2.72. The van der Waals surface area contributed by atoms with Crippen molar-refractivity contribution in [1.82, 2.24) is 0 Å². The fraction of sp³-hybridized carbons (Fsp3) is 0.591. The highest BCUT2D eigenvalue weighted by Gasteiger charge is 2.62. The molecule has 0 saturated heterocycles. The molecule has 0 bridgehead atoms. The first-order valence-electron chi connectivity index (χ1n) is 21.7. The lowest BCUT2D eigenvalue weighted by Gasteiger charge is -2.56. The Morgan fingerprint density at radius 3 is 1.16 bits per heavy atom. The number of benzene rings is 3. The van der Waals surface area contributed by atoms with Gasteiger partial charge >= 0.3 is 44.4 Å². The maximum absolute atomic E-state index is 15.8. The minimum Gasteiger partial charge on any atom is -0.490 e. The summed E-state index contributed by atoms with van der Waals surface area (Å²) < 4.78 is 294. The molecule has 3 atom stereocenters. The first-order chi connectivity index (χ1) is 32.0. The van der Waals surface area contributed by atoms with Crippen molar-refractivity contribution < 1.29 is 112 Å². The van der Waals surface area contributed by atoms with Crippen LogP contribution in [0.2, 0.25) is 0 Å². The molecule has 3 unspecified atom stereocenters. The summed E-state index contributed by atoms with van der Waals surface area (Å²) in [4.78, 5) is 0. The second-order valence-electron chi connectivity index (χ2n) is 16.2. The topological polar surface area (TPSA) is 55.4 Å². The highest BCUT2D eigenvalue weighted by molar-refractivity contribution is 6.39. The fourth-order valence-corrected chi connectivity index (χ4v) is 7.70. The molecule has 0 N–H and O–H groups in total. The van der Waals surface area contributed by atoms with Crippen molar-refractivity contribution in [2.75, 3.05) is 26.4 Å². The molecule has 3 aromatic carbocycles. The summed E-state index contributed by atoms with van der Waals surface area (Å²) in [6.45, 7) is 9.58. The van der Waals surface area contributed by atoms with E-state index in [-0.39, 0.29) is 69.0 Å². The van der Waals surface area contributed by atoms with Crippen LogP contribution < -0.4 is 14.0 Å². The third-order valence-electron chi connectivity index (χ3n) is 10.9. The van der Waals surface area contributed by atoms with Crippen LogP contribution in [0.25, 0.3) is 0 Å². The van der Waals surface area contributed by atoms with Crippen LogP contribution in [0.1, 0.15) is 126 Å². The maximum Gasteiger partial charge on any atom is 0.864 e. The standard InChI is InChI=1S/C44H51BF18NO6/c1-8-12-13-14-64(26(5)65-15-9-2,27(6)66-16-10-3)38(7,67-17-11-4)37-35(44(61,62)63)24-32(43(58,59)60)25-36(37)70-45(68-33-20-28(39(46,47)48)18-29(21-33)40(49,50)51)69-34-22-30(41(52,53)54)19-31(23-34)42(55,56)57/h18-27H,8-17H2,1-7H3/q+1. The van der Waals surface area contributed by atoms with E-state index in [0.717, 1.165) is 6.92 Å². The van der Waals surface area contributed by atoms with Gasteiger partial charge < -0.3 is 28.2 Å². The molecule has 7 nitrogen and oxygen atoms in total. The molecule has 0 aliphatic rings. The Bertz CT molecular complexity index is 2000. The number of quaternary nitrogens is 1. The van der Waals surface area contributed by atoms with Gasteiger partial charge in [-0.25, -0.2) is 4.48 Å². The first-order valence-corrected chi connectivity index (χ1v) is 21.7. The van der Waals surface area contributed by atoms with E-state index < -0.39 is 142 Å². The van der Waals surface area contributed by atoms with Gasteiger partial charge in [0.1, 0.15) is 17.2 Å². The van der Waals surface area contributed by atoms with Gasteiger partial charge in [-0.1, -0.05) is 34.1 Å². The van der Waals surface area contributed by atoms with Gasteiger partial charge in [-0.3, -0.25) is 0 Å². The van der Waals surface area contributed by atoms with Crippen LogP contribution in [0, 0.1) is 0 Å². The van der Waals surface area contributed by atoms with Crippen LogP contribution in [0.15, 0.2) is 48.5 Å².